The van der Waals surface area contributed by atoms with E-state index >= 15 is 0 Å². The maximum Gasteiger partial charge on any atom is 0.261 e. The summed E-state index contributed by atoms with van der Waals surface area (Å²) in [6.45, 7) is 3.48. The Balaban J connectivity index is 2.23. The Bertz CT molecular complexity index is 561. The molecule has 17 heavy (non-hydrogen) atoms. The first-order valence-corrected chi connectivity index (χ1v) is 5.11. The minimum absolute atomic E-state index is 0.0266. The molecule has 1 aromatic carbocycles. The van der Waals surface area contributed by atoms with Crippen LogP contribution in [0.1, 0.15) is 21.6 Å². The summed E-state index contributed by atoms with van der Waals surface area (Å²) in [7, 11) is 0. The number of hydrogen-bond acceptors (Lipinski definition) is 4. The molecule has 2 N–H and O–H groups in total. The lowest BCUT2D eigenvalue weighted by Gasteiger charge is -2.05. The highest BCUT2D eigenvalue weighted by Crippen LogP contribution is 2.22. The lowest BCUT2D eigenvalue weighted by Crippen LogP contribution is -2.11. The Labute approximate surface area is 98.1 Å². The average Bonchev–Trinajstić information content (AvgIpc) is 2.68. The number of nitrogens with one attached hydrogen (secondary N) is 1. The highest BCUT2D eigenvalue weighted by Gasteiger charge is 2.14. The van der Waals surface area contributed by atoms with Crippen LogP contribution in [0.15, 0.2) is 28.8 Å². The third kappa shape index (κ3) is 2.28. The largest absolute Gasteiger partial charge is 0.507 e. The molecule has 0 atom stereocenters. The molecule has 88 valence electrons. The summed E-state index contributed by atoms with van der Waals surface area (Å²) < 4.78 is 4.86. The van der Waals surface area contributed by atoms with E-state index in [1.165, 1.54) is 0 Å². The summed E-state index contributed by atoms with van der Waals surface area (Å²) in [5, 5.41) is 15.9. The van der Waals surface area contributed by atoms with Crippen molar-refractivity contribution in [2.75, 3.05) is 5.32 Å². The number of benzene rings is 1. The number of hydrogen-bond donors (Lipinski definition) is 2. The number of carbonyl (C=O) groups excluding carboxylic acids is 1. The van der Waals surface area contributed by atoms with Crippen molar-refractivity contribution in [3.63, 3.8) is 0 Å². The van der Waals surface area contributed by atoms with Crippen molar-refractivity contribution in [1.29, 1.82) is 0 Å². The molecule has 0 saturated heterocycles. The molecular weight excluding hydrogens is 220 g/mol. The summed E-state index contributed by atoms with van der Waals surface area (Å²) in [4.78, 5) is 11.8. The molecule has 5 heteroatoms. The van der Waals surface area contributed by atoms with Crippen LogP contribution in [0.5, 0.6) is 5.75 Å². The van der Waals surface area contributed by atoms with E-state index in [0.717, 1.165) is 0 Å². The van der Waals surface area contributed by atoms with Crippen LogP contribution in [0.4, 0.5) is 5.88 Å². The lowest BCUT2D eigenvalue weighted by molar-refractivity contribution is 0.102. The summed E-state index contributed by atoms with van der Waals surface area (Å²) in [6.07, 6.45) is 0. The summed E-state index contributed by atoms with van der Waals surface area (Å²) in [6, 6.07) is 6.58. The number of carbonyl (C=O) groups is 1. The molecule has 1 heterocycles. The summed E-state index contributed by atoms with van der Waals surface area (Å²) in [5.41, 5.74) is 1.53. The third-order valence-electron chi connectivity index (χ3n) is 2.35. The van der Waals surface area contributed by atoms with Crippen molar-refractivity contribution in [2.45, 2.75) is 13.8 Å². The van der Waals surface area contributed by atoms with Crippen molar-refractivity contribution >= 4 is 11.8 Å². The minimum atomic E-state index is -0.428. The first-order valence-electron chi connectivity index (χ1n) is 5.11. The van der Waals surface area contributed by atoms with Crippen molar-refractivity contribution in [1.82, 2.24) is 5.16 Å². The number of amides is 1. The van der Waals surface area contributed by atoms with E-state index in [4.69, 9.17) is 4.52 Å². The highest BCUT2D eigenvalue weighted by atomic mass is 16.5. The number of aromatic hydroxyl groups is 1. The zero-order valence-electron chi connectivity index (χ0n) is 9.52. The monoisotopic (exact) mass is 232 g/mol. The normalized spacial score (nSPS) is 10.2. The van der Waals surface area contributed by atoms with Gasteiger partial charge >= 0.3 is 0 Å². The Morgan fingerprint density at radius 1 is 1.41 bits per heavy atom. The van der Waals surface area contributed by atoms with Gasteiger partial charge in [0.1, 0.15) is 5.75 Å². The van der Waals surface area contributed by atoms with Crippen molar-refractivity contribution in [2.24, 2.45) is 0 Å². The van der Waals surface area contributed by atoms with Gasteiger partial charge in [-0.3, -0.25) is 10.1 Å². The topological polar surface area (TPSA) is 75.4 Å². The number of anilines is 1. The number of phenols is 1. The van der Waals surface area contributed by atoms with Gasteiger partial charge in [0.25, 0.3) is 5.91 Å². The number of phenolic OH excluding ortho intramolecular Hbond substituents is 1. The number of aromatic nitrogens is 1. The minimum Gasteiger partial charge on any atom is -0.507 e. The number of rotatable bonds is 2. The second kappa shape index (κ2) is 4.29. The van der Waals surface area contributed by atoms with E-state index in [2.05, 4.69) is 10.5 Å². The van der Waals surface area contributed by atoms with Crippen LogP contribution in [-0.2, 0) is 0 Å². The van der Waals surface area contributed by atoms with Crippen molar-refractivity contribution in [3.05, 3.63) is 41.1 Å². The van der Waals surface area contributed by atoms with Crippen LogP contribution in [0.3, 0.4) is 0 Å². The zero-order valence-corrected chi connectivity index (χ0v) is 9.52. The van der Waals surface area contributed by atoms with Gasteiger partial charge in [0.2, 0.25) is 5.88 Å². The van der Waals surface area contributed by atoms with E-state index in [1.807, 2.05) is 0 Å². The van der Waals surface area contributed by atoms with Crippen molar-refractivity contribution in [3.8, 4) is 5.75 Å². The predicted octanol–water partition coefficient (Wildman–Crippen LogP) is 2.25. The summed E-state index contributed by atoms with van der Waals surface area (Å²) in [5.74, 6) is -0.197. The molecule has 0 aliphatic rings. The molecule has 0 aliphatic carbocycles. The van der Waals surface area contributed by atoms with Gasteiger partial charge in [0.15, 0.2) is 0 Å². The van der Waals surface area contributed by atoms with Gasteiger partial charge in [-0.25, -0.2) is 0 Å². The van der Waals surface area contributed by atoms with Crippen LogP contribution in [-0.4, -0.2) is 16.2 Å². The van der Waals surface area contributed by atoms with Gasteiger partial charge in [-0.15, -0.1) is 0 Å². The second-order valence-electron chi connectivity index (χ2n) is 3.76. The van der Waals surface area contributed by atoms with E-state index in [-0.39, 0.29) is 17.2 Å². The molecule has 0 fully saturated rings. The molecule has 0 aliphatic heterocycles. The highest BCUT2D eigenvalue weighted by molar-refractivity contribution is 6.05. The first-order chi connectivity index (χ1) is 8.08. The molecule has 0 unspecified atom stereocenters. The predicted molar refractivity (Wildman–Crippen MR) is 62.0 cm³/mol. The fourth-order valence-electron chi connectivity index (χ4n) is 1.44. The van der Waals surface area contributed by atoms with Crippen LogP contribution < -0.4 is 5.32 Å². The third-order valence-corrected chi connectivity index (χ3v) is 2.35. The van der Waals surface area contributed by atoms with E-state index in [9.17, 15) is 9.90 Å². The molecule has 0 saturated carbocycles. The van der Waals surface area contributed by atoms with Crippen LogP contribution in [0, 0.1) is 13.8 Å². The van der Waals surface area contributed by atoms with Gasteiger partial charge < -0.3 is 9.63 Å². The molecule has 1 amide bonds. The van der Waals surface area contributed by atoms with Crippen LogP contribution in [0.25, 0.3) is 0 Å². The average molecular weight is 232 g/mol. The maximum atomic E-state index is 11.8. The lowest BCUT2D eigenvalue weighted by atomic mass is 10.1. The molecule has 0 bridgehead atoms. The molecule has 2 rings (SSSR count). The number of para-hydroxylation sites is 1. The molecule has 0 radical (unpaired) electrons. The van der Waals surface area contributed by atoms with Crippen LogP contribution >= 0.6 is 0 Å². The molecular formula is C12H12N2O3. The second-order valence-corrected chi connectivity index (χ2v) is 3.76. The quantitative estimate of drug-likeness (QED) is 0.832. The van der Waals surface area contributed by atoms with E-state index in [0.29, 0.717) is 11.3 Å². The SMILES string of the molecule is Cc1cc(NC(=O)c2cccc(C)c2O)on1. The maximum absolute atomic E-state index is 11.8. The molecule has 5 nitrogen and oxygen atoms in total. The molecule has 2 aromatic rings. The van der Waals surface area contributed by atoms with Crippen molar-refractivity contribution < 1.29 is 14.4 Å². The van der Waals surface area contributed by atoms with Gasteiger partial charge in [0, 0.05) is 6.07 Å². The van der Waals surface area contributed by atoms with E-state index in [1.54, 1.807) is 38.1 Å². The molecule has 0 spiro atoms. The molecule has 1 aromatic heterocycles. The Morgan fingerprint density at radius 2 is 2.18 bits per heavy atom. The standard InChI is InChI=1S/C12H12N2O3/c1-7-4-3-5-9(11(7)15)12(16)13-10-6-8(2)14-17-10/h3-6,15H,1-2H3,(H,13,16). The first kappa shape index (κ1) is 11.2. The van der Waals surface area contributed by atoms with Crippen LogP contribution in [0.2, 0.25) is 0 Å². The number of nitrogens with zero attached hydrogens (tertiary/aromatic N) is 1. The summed E-state index contributed by atoms with van der Waals surface area (Å²) >= 11 is 0. The van der Waals surface area contributed by atoms with Gasteiger partial charge in [-0.2, -0.15) is 0 Å². The Hall–Kier alpha value is -2.30. The number of aryl methyl sites for hydroxylation is 2. The fourth-order valence-corrected chi connectivity index (χ4v) is 1.44. The van der Waals surface area contributed by atoms with Gasteiger partial charge in [-0.05, 0) is 25.5 Å². The smallest absolute Gasteiger partial charge is 0.261 e. The fraction of sp³-hybridized carbons (Fsp3) is 0.167. The Morgan fingerprint density at radius 3 is 2.82 bits per heavy atom. The Kier molecular flexibility index (Phi) is 2.82. The van der Waals surface area contributed by atoms with Gasteiger partial charge in [0.05, 0.1) is 11.3 Å². The van der Waals surface area contributed by atoms with E-state index < -0.39 is 5.91 Å². The zero-order chi connectivity index (χ0) is 12.4. The van der Waals surface area contributed by atoms with Gasteiger partial charge in [-0.1, -0.05) is 17.3 Å².